The third kappa shape index (κ3) is 2.44. The number of aryl methyl sites for hydroxylation is 1. The van der Waals surface area contributed by atoms with Crippen LogP contribution in [-0.2, 0) is 6.42 Å². The summed E-state index contributed by atoms with van der Waals surface area (Å²) < 4.78 is 2.36. The first-order valence-corrected chi connectivity index (χ1v) is 8.12. The molecule has 0 spiro atoms. The maximum Gasteiger partial charge on any atom is 0.160 e. The molecule has 1 saturated carbocycles. The molecule has 108 valence electrons. The van der Waals surface area contributed by atoms with Gasteiger partial charge in [-0.2, -0.15) is 0 Å². The highest BCUT2D eigenvalue weighted by molar-refractivity contribution is 6.17. The smallest absolute Gasteiger partial charge is 0.160 e. The summed E-state index contributed by atoms with van der Waals surface area (Å²) in [5, 5.41) is 0. The normalized spacial score (nSPS) is 27.1. The van der Waals surface area contributed by atoms with Crippen molar-refractivity contribution in [3.05, 3.63) is 24.2 Å². The zero-order valence-corrected chi connectivity index (χ0v) is 13.0. The van der Waals surface area contributed by atoms with Crippen LogP contribution in [0, 0.1) is 11.8 Å². The molecule has 0 aromatic carbocycles. The molecule has 1 aliphatic carbocycles. The predicted octanol–water partition coefficient (Wildman–Crippen LogP) is 4.21. The minimum Gasteiger partial charge on any atom is -0.310 e. The Bertz CT molecular complexity index is 592. The molecule has 0 aliphatic heterocycles. The second-order valence-corrected chi connectivity index (χ2v) is 6.48. The minimum atomic E-state index is 0.527. The lowest BCUT2D eigenvalue weighted by atomic mass is 9.79. The van der Waals surface area contributed by atoms with Crippen molar-refractivity contribution >= 4 is 22.8 Å². The number of pyridine rings is 1. The van der Waals surface area contributed by atoms with E-state index in [2.05, 4.69) is 23.4 Å². The summed E-state index contributed by atoms with van der Waals surface area (Å²) in [7, 11) is 0. The molecule has 3 nitrogen and oxygen atoms in total. The van der Waals surface area contributed by atoms with Crippen LogP contribution >= 0.6 is 11.6 Å². The Morgan fingerprint density at radius 2 is 2.15 bits per heavy atom. The van der Waals surface area contributed by atoms with Crippen molar-refractivity contribution in [3.8, 4) is 0 Å². The van der Waals surface area contributed by atoms with Crippen molar-refractivity contribution in [1.29, 1.82) is 0 Å². The molecule has 3 unspecified atom stereocenters. The number of rotatable bonds is 3. The highest BCUT2D eigenvalue weighted by Gasteiger charge is 2.28. The highest BCUT2D eigenvalue weighted by atomic mass is 35.5. The fourth-order valence-electron chi connectivity index (χ4n) is 3.37. The number of aromatic nitrogens is 3. The van der Waals surface area contributed by atoms with E-state index in [0.717, 1.165) is 35.2 Å². The molecule has 20 heavy (non-hydrogen) atoms. The van der Waals surface area contributed by atoms with E-state index in [-0.39, 0.29) is 0 Å². The molecule has 1 aliphatic rings. The van der Waals surface area contributed by atoms with Gasteiger partial charge < -0.3 is 4.57 Å². The molecule has 3 atom stereocenters. The Morgan fingerprint density at radius 1 is 1.30 bits per heavy atom. The summed E-state index contributed by atoms with van der Waals surface area (Å²) in [5.74, 6) is 3.30. The third-order valence-electron chi connectivity index (χ3n) is 4.78. The molecule has 1 fully saturated rings. The number of fused-ring (bicyclic) bond motifs is 1. The quantitative estimate of drug-likeness (QED) is 0.793. The maximum absolute atomic E-state index is 5.95. The lowest BCUT2D eigenvalue weighted by molar-refractivity contribution is 0.210. The second kappa shape index (κ2) is 5.72. The van der Waals surface area contributed by atoms with E-state index in [0.29, 0.717) is 11.9 Å². The predicted molar refractivity (Wildman–Crippen MR) is 83.2 cm³/mol. The van der Waals surface area contributed by atoms with Gasteiger partial charge in [0.1, 0.15) is 11.3 Å². The first-order valence-electron chi connectivity index (χ1n) is 7.58. The molecule has 0 radical (unpaired) electrons. The fourth-order valence-corrected chi connectivity index (χ4v) is 3.54. The van der Waals surface area contributed by atoms with Gasteiger partial charge in [0, 0.05) is 24.5 Å². The van der Waals surface area contributed by atoms with Gasteiger partial charge in [0.25, 0.3) is 0 Å². The molecule has 0 bridgehead atoms. The van der Waals surface area contributed by atoms with Gasteiger partial charge in [-0.3, -0.25) is 0 Å². The summed E-state index contributed by atoms with van der Waals surface area (Å²) in [6.45, 7) is 4.73. The van der Waals surface area contributed by atoms with Gasteiger partial charge >= 0.3 is 0 Å². The van der Waals surface area contributed by atoms with E-state index in [4.69, 9.17) is 16.6 Å². The van der Waals surface area contributed by atoms with Crippen LogP contribution < -0.4 is 0 Å². The molecule has 2 aromatic rings. The molecular formula is C16H22ClN3. The lowest BCUT2D eigenvalue weighted by Gasteiger charge is -2.33. The van der Waals surface area contributed by atoms with Crippen molar-refractivity contribution in [2.75, 3.05) is 5.88 Å². The Hall–Kier alpha value is -1.09. The molecule has 0 N–H and O–H groups in total. The number of alkyl halides is 1. The summed E-state index contributed by atoms with van der Waals surface area (Å²) in [4.78, 5) is 9.30. The number of imidazole rings is 1. The average molecular weight is 292 g/mol. The monoisotopic (exact) mass is 291 g/mol. The standard InChI is InChI=1S/C16H22ClN3/c1-11-5-6-13(10-12(11)2)20-15(7-8-17)19-14-4-3-9-18-16(14)20/h3-4,9,11-13H,5-8,10H2,1-2H3. The Labute approximate surface area is 125 Å². The molecule has 2 aromatic heterocycles. The molecular weight excluding hydrogens is 270 g/mol. The molecule has 4 heteroatoms. The SMILES string of the molecule is CC1CCC(n2c(CCCl)nc3cccnc32)CC1C. The van der Waals surface area contributed by atoms with Crippen LogP contribution in [0.15, 0.2) is 18.3 Å². The molecule has 3 rings (SSSR count). The van der Waals surface area contributed by atoms with Crippen LogP contribution in [-0.4, -0.2) is 20.4 Å². The fraction of sp³-hybridized carbons (Fsp3) is 0.625. The van der Waals surface area contributed by atoms with E-state index in [1.54, 1.807) is 0 Å². The van der Waals surface area contributed by atoms with Crippen molar-refractivity contribution in [2.24, 2.45) is 11.8 Å². The van der Waals surface area contributed by atoms with Crippen molar-refractivity contribution in [3.63, 3.8) is 0 Å². The van der Waals surface area contributed by atoms with Crippen LogP contribution in [0.5, 0.6) is 0 Å². The average Bonchev–Trinajstić information content (AvgIpc) is 2.80. The second-order valence-electron chi connectivity index (χ2n) is 6.10. The zero-order valence-electron chi connectivity index (χ0n) is 12.2. The Morgan fingerprint density at radius 3 is 2.90 bits per heavy atom. The van der Waals surface area contributed by atoms with E-state index < -0.39 is 0 Å². The summed E-state index contributed by atoms with van der Waals surface area (Å²) >= 11 is 5.95. The van der Waals surface area contributed by atoms with Crippen molar-refractivity contribution < 1.29 is 0 Å². The van der Waals surface area contributed by atoms with Gasteiger partial charge in [-0.25, -0.2) is 9.97 Å². The Balaban J connectivity index is 2.02. The van der Waals surface area contributed by atoms with Gasteiger partial charge in [-0.1, -0.05) is 13.8 Å². The van der Waals surface area contributed by atoms with Gasteiger partial charge in [0.05, 0.1) is 0 Å². The molecule has 0 amide bonds. The topological polar surface area (TPSA) is 30.7 Å². The van der Waals surface area contributed by atoms with Crippen LogP contribution in [0.2, 0.25) is 0 Å². The van der Waals surface area contributed by atoms with E-state index in [1.807, 2.05) is 18.3 Å². The van der Waals surface area contributed by atoms with E-state index in [9.17, 15) is 0 Å². The van der Waals surface area contributed by atoms with Crippen LogP contribution in [0.3, 0.4) is 0 Å². The summed E-state index contributed by atoms with van der Waals surface area (Å²) in [6, 6.07) is 4.53. The minimum absolute atomic E-state index is 0.527. The van der Waals surface area contributed by atoms with Crippen molar-refractivity contribution in [1.82, 2.24) is 14.5 Å². The first kappa shape index (κ1) is 13.9. The van der Waals surface area contributed by atoms with Crippen LogP contribution in [0.25, 0.3) is 11.2 Å². The first-order chi connectivity index (χ1) is 9.70. The number of halogens is 1. The lowest BCUT2D eigenvalue weighted by Crippen LogP contribution is -2.24. The van der Waals surface area contributed by atoms with Crippen molar-refractivity contribution in [2.45, 2.75) is 45.6 Å². The van der Waals surface area contributed by atoms with Gasteiger partial charge in [-0.15, -0.1) is 11.6 Å². The number of nitrogens with zero attached hydrogens (tertiary/aromatic N) is 3. The molecule has 0 saturated heterocycles. The van der Waals surface area contributed by atoms with E-state index >= 15 is 0 Å². The van der Waals surface area contributed by atoms with Gasteiger partial charge in [0.2, 0.25) is 0 Å². The summed E-state index contributed by atoms with van der Waals surface area (Å²) in [6.07, 6.45) is 6.41. The third-order valence-corrected chi connectivity index (χ3v) is 4.96. The largest absolute Gasteiger partial charge is 0.310 e. The Kier molecular flexibility index (Phi) is 3.97. The summed E-state index contributed by atoms with van der Waals surface area (Å²) in [5.41, 5.74) is 2.03. The zero-order chi connectivity index (χ0) is 14.1. The van der Waals surface area contributed by atoms with Crippen LogP contribution in [0.4, 0.5) is 0 Å². The highest BCUT2D eigenvalue weighted by Crippen LogP contribution is 2.38. The number of hydrogen-bond acceptors (Lipinski definition) is 2. The van der Waals surface area contributed by atoms with Gasteiger partial charge in [-0.05, 0) is 43.2 Å². The van der Waals surface area contributed by atoms with Crippen LogP contribution in [0.1, 0.15) is 45.0 Å². The number of hydrogen-bond donors (Lipinski definition) is 0. The van der Waals surface area contributed by atoms with Gasteiger partial charge in [0.15, 0.2) is 5.65 Å². The molecule has 2 heterocycles. The van der Waals surface area contributed by atoms with E-state index in [1.165, 1.54) is 19.3 Å². The maximum atomic E-state index is 5.95.